The Bertz CT molecular complexity index is 375. The van der Waals surface area contributed by atoms with Crippen LogP contribution in [0.5, 0.6) is 5.75 Å². The van der Waals surface area contributed by atoms with Crippen molar-refractivity contribution in [3.05, 3.63) is 28.8 Å². The Balaban J connectivity index is 2.14. The van der Waals surface area contributed by atoms with Gasteiger partial charge in [-0.1, -0.05) is 38.4 Å². The summed E-state index contributed by atoms with van der Waals surface area (Å²) in [6, 6.07) is 6.08. The molecule has 0 saturated heterocycles. The van der Waals surface area contributed by atoms with Crippen LogP contribution in [0.1, 0.15) is 39.2 Å². The predicted molar refractivity (Wildman–Crippen MR) is 68.4 cm³/mol. The molecule has 0 atom stereocenters. The molecule has 2 heteroatoms. The molecule has 0 bridgehead atoms. The Morgan fingerprint density at radius 1 is 1.31 bits per heavy atom. The minimum Gasteiger partial charge on any atom is -0.492 e. The molecule has 0 aliphatic heterocycles. The molecule has 16 heavy (non-hydrogen) atoms. The van der Waals surface area contributed by atoms with Crippen molar-refractivity contribution in [2.45, 2.75) is 39.0 Å². The molecule has 1 saturated carbocycles. The summed E-state index contributed by atoms with van der Waals surface area (Å²) in [4.78, 5) is 0. The summed E-state index contributed by atoms with van der Waals surface area (Å²) >= 11 is 6.13. The first kappa shape index (κ1) is 11.8. The number of rotatable bonds is 3. The van der Waals surface area contributed by atoms with Crippen molar-refractivity contribution in [1.29, 1.82) is 0 Å². The van der Waals surface area contributed by atoms with E-state index in [9.17, 15) is 0 Å². The molecule has 1 aliphatic carbocycles. The molecular formula is C14H19ClO. The molecule has 1 fully saturated rings. The number of ether oxygens (including phenoxy) is 1. The van der Waals surface area contributed by atoms with Gasteiger partial charge in [-0.15, -0.1) is 0 Å². The van der Waals surface area contributed by atoms with Crippen molar-refractivity contribution in [3.63, 3.8) is 0 Å². The maximum Gasteiger partial charge on any atom is 0.138 e. The predicted octanol–water partition coefficient (Wildman–Crippen LogP) is 4.43. The molecule has 88 valence electrons. The van der Waals surface area contributed by atoms with Crippen LogP contribution in [-0.2, 0) is 5.41 Å². The van der Waals surface area contributed by atoms with E-state index in [1.807, 2.05) is 6.07 Å². The maximum atomic E-state index is 6.13. The first-order chi connectivity index (χ1) is 7.47. The van der Waals surface area contributed by atoms with Crippen LogP contribution in [0.3, 0.4) is 0 Å². The molecule has 0 aromatic heterocycles. The monoisotopic (exact) mass is 238 g/mol. The zero-order valence-corrected chi connectivity index (χ0v) is 11.0. The van der Waals surface area contributed by atoms with Crippen LogP contribution in [0.25, 0.3) is 0 Å². The fourth-order valence-corrected chi connectivity index (χ4v) is 1.74. The minimum atomic E-state index is 0.141. The van der Waals surface area contributed by atoms with Gasteiger partial charge < -0.3 is 4.74 Å². The summed E-state index contributed by atoms with van der Waals surface area (Å²) in [5.41, 5.74) is 1.41. The van der Waals surface area contributed by atoms with E-state index < -0.39 is 0 Å². The lowest BCUT2D eigenvalue weighted by atomic mass is 9.87. The summed E-state index contributed by atoms with van der Waals surface area (Å²) in [6.45, 7) is 7.40. The molecular weight excluding hydrogens is 220 g/mol. The zero-order chi connectivity index (χ0) is 11.8. The highest BCUT2D eigenvalue weighted by molar-refractivity contribution is 6.32. The van der Waals surface area contributed by atoms with E-state index in [1.165, 1.54) is 18.4 Å². The lowest BCUT2D eigenvalue weighted by molar-refractivity contribution is 0.299. The van der Waals surface area contributed by atoms with E-state index in [1.54, 1.807) is 0 Å². The molecule has 0 spiro atoms. The van der Waals surface area contributed by atoms with Crippen LogP contribution in [0.2, 0.25) is 5.02 Å². The third kappa shape index (κ3) is 2.91. The summed E-state index contributed by atoms with van der Waals surface area (Å²) in [5.74, 6) is 1.59. The van der Waals surface area contributed by atoms with Crippen LogP contribution < -0.4 is 4.74 Å². The fraction of sp³-hybridized carbons (Fsp3) is 0.571. The van der Waals surface area contributed by atoms with Crippen molar-refractivity contribution in [2.24, 2.45) is 5.92 Å². The lowest BCUT2D eigenvalue weighted by Gasteiger charge is -2.20. The Labute approximate surface area is 103 Å². The molecule has 1 nitrogen and oxygen atoms in total. The van der Waals surface area contributed by atoms with E-state index in [0.717, 1.165) is 18.3 Å². The summed E-state index contributed by atoms with van der Waals surface area (Å²) < 4.78 is 5.76. The molecule has 1 aromatic carbocycles. The van der Waals surface area contributed by atoms with Gasteiger partial charge in [-0.2, -0.15) is 0 Å². The van der Waals surface area contributed by atoms with Gasteiger partial charge in [0.25, 0.3) is 0 Å². The molecule has 0 radical (unpaired) electrons. The Morgan fingerprint density at radius 2 is 2.00 bits per heavy atom. The lowest BCUT2D eigenvalue weighted by Crippen LogP contribution is -2.11. The number of halogens is 1. The van der Waals surface area contributed by atoms with Gasteiger partial charge in [0.1, 0.15) is 5.75 Å². The van der Waals surface area contributed by atoms with Gasteiger partial charge >= 0.3 is 0 Å². The van der Waals surface area contributed by atoms with Gasteiger partial charge in [0, 0.05) is 0 Å². The van der Waals surface area contributed by atoms with Crippen LogP contribution in [0.4, 0.5) is 0 Å². The highest BCUT2D eigenvalue weighted by Gasteiger charge is 2.23. The standard InChI is InChI=1S/C14H19ClO/c1-14(2,3)11-6-7-12(15)13(8-11)16-9-10-4-5-10/h6-8,10H,4-5,9H2,1-3H3. The quantitative estimate of drug-likeness (QED) is 0.757. The maximum absolute atomic E-state index is 6.13. The van der Waals surface area contributed by atoms with E-state index in [4.69, 9.17) is 16.3 Å². The highest BCUT2D eigenvalue weighted by Crippen LogP contribution is 2.34. The smallest absolute Gasteiger partial charge is 0.138 e. The third-order valence-corrected chi connectivity index (χ3v) is 3.28. The van der Waals surface area contributed by atoms with Crippen molar-refractivity contribution >= 4 is 11.6 Å². The van der Waals surface area contributed by atoms with E-state index >= 15 is 0 Å². The fourth-order valence-electron chi connectivity index (χ4n) is 1.57. The van der Waals surface area contributed by atoms with Crippen molar-refractivity contribution in [2.75, 3.05) is 6.61 Å². The highest BCUT2D eigenvalue weighted by atomic mass is 35.5. The average Bonchev–Trinajstić information content (AvgIpc) is 2.98. The topological polar surface area (TPSA) is 9.23 Å². The molecule has 2 rings (SSSR count). The van der Waals surface area contributed by atoms with Gasteiger partial charge in [0.2, 0.25) is 0 Å². The van der Waals surface area contributed by atoms with Crippen molar-refractivity contribution < 1.29 is 4.74 Å². The summed E-state index contributed by atoms with van der Waals surface area (Å²) in [7, 11) is 0. The number of hydrogen-bond donors (Lipinski definition) is 0. The van der Waals surface area contributed by atoms with Gasteiger partial charge in [0.15, 0.2) is 0 Å². The Morgan fingerprint density at radius 3 is 2.56 bits per heavy atom. The SMILES string of the molecule is CC(C)(C)c1ccc(Cl)c(OCC2CC2)c1. The first-order valence-corrected chi connectivity index (χ1v) is 6.27. The molecule has 1 aliphatic rings. The number of hydrogen-bond acceptors (Lipinski definition) is 1. The molecule has 0 amide bonds. The van der Waals surface area contributed by atoms with E-state index in [2.05, 4.69) is 32.9 Å². The average molecular weight is 239 g/mol. The second kappa shape index (κ2) is 4.29. The second-order valence-electron chi connectivity index (χ2n) is 5.65. The van der Waals surface area contributed by atoms with E-state index in [0.29, 0.717) is 5.02 Å². The van der Waals surface area contributed by atoms with Gasteiger partial charge in [0.05, 0.1) is 11.6 Å². The molecule has 0 N–H and O–H groups in total. The van der Waals surface area contributed by atoms with E-state index in [-0.39, 0.29) is 5.41 Å². The van der Waals surface area contributed by atoms with Crippen LogP contribution in [0.15, 0.2) is 18.2 Å². The summed E-state index contributed by atoms with van der Waals surface area (Å²) in [5, 5.41) is 0.716. The first-order valence-electron chi connectivity index (χ1n) is 5.89. The number of benzene rings is 1. The second-order valence-corrected chi connectivity index (χ2v) is 6.06. The van der Waals surface area contributed by atoms with Crippen LogP contribution in [0, 0.1) is 5.92 Å². The minimum absolute atomic E-state index is 0.141. The third-order valence-electron chi connectivity index (χ3n) is 2.97. The largest absolute Gasteiger partial charge is 0.492 e. The zero-order valence-electron chi connectivity index (χ0n) is 10.2. The summed E-state index contributed by atoms with van der Waals surface area (Å²) in [6.07, 6.45) is 2.60. The van der Waals surface area contributed by atoms with Crippen molar-refractivity contribution in [3.8, 4) is 5.75 Å². The Hall–Kier alpha value is -0.690. The molecule has 1 aromatic rings. The normalized spacial score (nSPS) is 16.2. The van der Waals surface area contributed by atoms with Crippen LogP contribution >= 0.6 is 11.6 Å². The molecule has 0 unspecified atom stereocenters. The Kier molecular flexibility index (Phi) is 3.16. The van der Waals surface area contributed by atoms with Gasteiger partial charge in [-0.3, -0.25) is 0 Å². The molecule has 0 heterocycles. The van der Waals surface area contributed by atoms with Gasteiger partial charge in [-0.05, 0) is 41.9 Å². The van der Waals surface area contributed by atoms with Gasteiger partial charge in [-0.25, -0.2) is 0 Å². The van der Waals surface area contributed by atoms with Crippen LogP contribution in [-0.4, -0.2) is 6.61 Å². The van der Waals surface area contributed by atoms with Crippen molar-refractivity contribution in [1.82, 2.24) is 0 Å².